The first-order valence-electron chi connectivity index (χ1n) is 6.24. The third kappa shape index (κ3) is 11.5. The molecule has 0 aromatic carbocycles. The van der Waals surface area contributed by atoms with E-state index < -0.39 is 0 Å². The molecule has 0 aromatic rings. The molecule has 0 spiro atoms. The van der Waals surface area contributed by atoms with Gasteiger partial charge in [-0.1, -0.05) is 19.8 Å². The van der Waals surface area contributed by atoms with Gasteiger partial charge in [-0.05, 0) is 25.8 Å². The number of unbranched alkanes of at least 4 members (excludes halogenated alkanes) is 3. The summed E-state index contributed by atoms with van der Waals surface area (Å²) < 4.78 is 10.2. The van der Waals surface area contributed by atoms with Gasteiger partial charge in [0.25, 0.3) is 0 Å². The van der Waals surface area contributed by atoms with Crippen LogP contribution in [0.2, 0.25) is 0 Å². The van der Waals surface area contributed by atoms with Crippen molar-refractivity contribution < 1.29 is 14.3 Å². The first-order chi connectivity index (χ1) is 7.81. The fraction of sp³-hybridized carbons (Fsp3) is 0.917. The average molecular weight is 231 g/mol. The van der Waals surface area contributed by atoms with Crippen LogP contribution in [0, 0.1) is 0 Å². The van der Waals surface area contributed by atoms with E-state index in [9.17, 15) is 4.79 Å². The number of carbonyl (C=O) groups is 1. The fourth-order valence-corrected chi connectivity index (χ4v) is 1.30. The van der Waals surface area contributed by atoms with Crippen LogP contribution >= 0.6 is 0 Å². The van der Waals surface area contributed by atoms with E-state index in [1.54, 1.807) is 0 Å². The molecule has 96 valence electrons. The highest BCUT2D eigenvalue weighted by molar-refractivity contribution is 5.69. The second-order valence-corrected chi connectivity index (χ2v) is 3.79. The van der Waals surface area contributed by atoms with Crippen LogP contribution in [0.4, 0.5) is 0 Å². The van der Waals surface area contributed by atoms with E-state index in [0.29, 0.717) is 19.6 Å². The number of hydrogen-bond acceptors (Lipinski definition) is 4. The second kappa shape index (κ2) is 12.5. The minimum atomic E-state index is -0.118. The molecule has 4 nitrogen and oxygen atoms in total. The first-order valence-corrected chi connectivity index (χ1v) is 6.24. The fourth-order valence-electron chi connectivity index (χ4n) is 1.30. The van der Waals surface area contributed by atoms with Gasteiger partial charge in [-0.15, -0.1) is 0 Å². The normalized spacial score (nSPS) is 10.4. The summed E-state index contributed by atoms with van der Waals surface area (Å²) in [6.07, 6.45) is 5.60. The molecule has 0 bridgehead atoms. The Balaban J connectivity index is 3.12. The summed E-state index contributed by atoms with van der Waals surface area (Å²) in [6, 6.07) is 0. The van der Waals surface area contributed by atoms with Crippen molar-refractivity contribution >= 4 is 5.97 Å². The van der Waals surface area contributed by atoms with Gasteiger partial charge in [-0.2, -0.15) is 0 Å². The highest BCUT2D eigenvalue weighted by atomic mass is 16.6. The van der Waals surface area contributed by atoms with Gasteiger partial charge in [0.2, 0.25) is 0 Å². The van der Waals surface area contributed by atoms with Crippen LogP contribution in [0.15, 0.2) is 0 Å². The second-order valence-electron chi connectivity index (χ2n) is 3.79. The number of esters is 1. The molecule has 16 heavy (non-hydrogen) atoms. The molecule has 0 atom stereocenters. The maximum Gasteiger partial charge on any atom is 0.305 e. The molecule has 0 fully saturated rings. The molecule has 2 N–H and O–H groups in total. The van der Waals surface area contributed by atoms with Crippen LogP contribution in [-0.4, -0.2) is 32.3 Å². The SMILES string of the molecule is CCCOCCOC(=O)CCCCCCN. The summed E-state index contributed by atoms with van der Waals surface area (Å²) in [4.78, 5) is 11.2. The van der Waals surface area contributed by atoms with Crippen molar-refractivity contribution in [1.29, 1.82) is 0 Å². The van der Waals surface area contributed by atoms with Gasteiger partial charge >= 0.3 is 5.97 Å². The number of rotatable bonds is 11. The number of ether oxygens (including phenoxy) is 2. The number of hydrogen-bond donors (Lipinski definition) is 1. The van der Waals surface area contributed by atoms with E-state index in [0.717, 1.165) is 45.3 Å². The molecule has 0 aliphatic rings. The van der Waals surface area contributed by atoms with E-state index in [4.69, 9.17) is 15.2 Å². The van der Waals surface area contributed by atoms with Crippen molar-refractivity contribution in [2.75, 3.05) is 26.4 Å². The summed E-state index contributed by atoms with van der Waals surface area (Å²) in [6.45, 7) is 4.40. The molecule has 0 heterocycles. The molecule has 0 rings (SSSR count). The Bertz CT molecular complexity index is 146. The standard InChI is InChI=1S/C12H25NO3/c1-2-9-15-10-11-16-12(14)7-5-3-4-6-8-13/h2-11,13H2,1H3. The smallest absolute Gasteiger partial charge is 0.305 e. The zero-order valence-electron chi connectivity index (χ0n) is 10.4. The lowest BCUT2D eigenvalue weighted by Crippen LogP contribution is -2.10. The first kappa shape index (κ1) is 15.4. The van der Waals surface area contributed by atoms with Crippen molar-refractivity contribution in [3.63, 3.8) is 0 Å². The Morgan fingerprint density at radius 2 is 1.81 bits per heavy atom. The van der Waals surface area contributed by atoms with E-state index in [1.807, 2.05) is 6.92 Å². The minimum absolute atomic E-state index is 0.118. The molecule has 4 heteroatoms. The van der Waals surface area contributed by atoms with Gasteiger partial charge in [0.1, 0.15) is 6.61 Å². The average Bonchev–Trinajstić information content (AvgIpc) is 2.28. The lowest BCUT2D eigenvalue weighted by Gasteiger charge is -2.05. The molecular formula is C12H25NO3. The van der Waals surface area contributed by atoms with Gasteiger partial charge in [0.05, 0.1) is 6.61 Å². The molecule has 0 unspecified atom stereocenters. The van der Waals surface area contributed by atoms with Crippen molar-refractivity contribution in [1.82, 2.24) is 0 Å². The van der Waals surface area contributed by atoms with Crippen molar-refractivity contribution in [2.24, 2.45) is 5.73 Å². The third-order valence-electron chi connectivity index (χ3n) is 2.17. The van der Waals surface area contributed by atoms with Crippen LogP contribution in [0.25, 0.3) is 0 Å². The predicted molar refractivity (Wildman–Crippen MR) is 64.2 cm³/mol. The van der Waals surface area contributed by atoms with E-state index in [2.05, 4.69) is 0 Å². The van der Waals surface area contributed by atoms with Gasteiger partial charge in [0, 0.05) is 13.0 Å². The quantitative estimate of drug-likeness (QED) is 0.435. The summed E-state index contributed by atoms with van der Waals surface area (Å²) in [5, 5.41) is 0. The summed E-state index contributed by atoms with van der Waals surface area (Å²) >= 11 is 0. The van der Waals surface area contributed by atoms with Crippen molar-refractivity contribution in [2.45, 2.75) is 45.4 Å². The molecule has 0 radical (unpaired) electrons. The number of carbonyl (C=O) groups excluding carboxylic acids is 1. The van der Waals surface area contributed by atoms with Gasteiger partial charge in [0.15, 0.2) is 0 Å². The summed E-state index contributed by atoms with van der Waals surface area (Å²) in [7, 11) is 0. The molecule has 0 saturated heterocycles. The Hall–Kier alpha value is -0.610. The highest BCUT2D eigenvalue weighted by Gasteiger charge is 2.01. The van der Waals surface area contributed by atoms with Crippen molar-refractivity contribution in [3.05, 3.63) is 0 Å². The minimum Gasteiger partial charge on any atom is -0.463 e. The molecule has 0 aliphatic carbocycles. The van der Waals surface area contributed by atoms with Gasteiger partial charge < -0.3 is 15.2 Å². The predicted octanol–water partition coefficient (Wildman–Crippen LogP) is 1.87. The maximum absolute atomic E-state index is 11.2. The maximum atomic E-state index is 11.2. The third-order valence-corrected chi connectivity index (χ3v) is 2.17. The Kier molecular flexibility index (Phi) is 12.0. The van der Waals surface area contributed by atoms with Crippen LogP contribution in [-0.2, 0) is 14.3 Å². The lowest BCUT2D eigenvalue weighted by molar-refractivity contribution is -0.145. The van der Waals surface area contributed by atoms with Gasteiger partial charge in [-0.3, -0.25) is 4.79 Å². The van der Waals surface area contributed by atoms with E-state index in [1.165, 1.54) is 0 Å². The van der Waals surface area contributed by atoms with Gasteiger partial charge in [-0.25, -0.2) is 0 Å². The highest BCUT2D eigenvalue weighted by Crippen LogP contribution is 2.03. The number of nitrogens with two attached hydrogens (primary N) is 1. The molecule has 0 aromatic heterocycles. The topological polar surface area (TPSA) is 61.5 Å². The summed E-state index contributed by atoms with van der Waals surface area (Å²) in [5.74, 6) is -0.118. The largest absolute Gasteiger partial charge is 0.463 e. The monoisotopic (exact) mass is 231 g/mol. The van der Waals surface area contributed by atoms with Crippen LogP contribution in [0.3, 0.4) is 0 Å². The zero-order chi connectivity index (χ0) is 12.1. The zero-order valence-corrected chi connectivity index (χ0v) is 10.4. The Morgan fingerprint density at radius 1 is 1.06 bits per heavy atom. The molecular weight excluding hydrogens is 206 g/mol. The molecule has 0 saturated carbocycles. The Labute approximate surface area is 98.5 Å². The lowest BCUT2D eigenvalue weighted by atomic mass is 10.1. The van der Waals surface area contributed by atoms with Crippen LogP contribution < -0.4 is 5.73 Å². The van der Waals surface area contributed by atoms with E-state index in [-0.39, 0.29) is 5.97 Å². The van der Waals surface area contributed by atoms with Crippen molar-refractivity contribution in [3.8, 4) is 0 Å². The Morgan fingerprint density at radius 3 is 2.50 bits per heavy atom. The van der Waals surface area contributed by atoms with Crippen LogP contribution in [0.1, 0.15) is 45.4 Å². The van der Waals surface area contributed by atoms with Crippen LogP contribution in [0.5, 0.6) is 0 Å². The molecule has 0 amide bonds. The summed E-state index contributed by atoms with van der Waals surface area (Å²) in [5.41, 5.74) is 5.37. The van der Waals surface area contributed by atoms with E-state index >= 15 is 0 Å². The molecule has 0 aliphatic heterocycles.